The van der Waals surface area contributed by atoms with E-state index in [1.54, 1.807) is 12.3 Å². The second-order valence-corrected chi connectivity index (χ2v) is 7.69. The Morgan fingerprint density at radius 3 is 2.59 bits per heavy atom. The van der Waals surface area contributed by atoms with Crippen molar-refractivity contribution in [3.05, 3.63) is 52.6 Å². The molecule has 2 aromatic rings. The first-order chi connectivity index (χ1) is 10.4. The Kier molecular flexibility index (Phi) is 3.74. The molecule has 1 aromatic heterocycles. The fraction of sp³-hybridized carbons (Fsp3) is 0.375. The van der Waals surface area contributed by atoms with Gasteiger partial charge in [0.1, 0.15) is 6.33 Å². The predicted molar refractivity (Wildman–Crippen MR) is 84.0 cm³/mol. The molecule has 0 aliphatic carbocycles. The van der Waals surface area contributed by atoms with Gasteiger partial charge in [-0.3, -0.25) is 0 Å². The van der Waals surface area contributed by atoms with E-state index in [4.69, 9.17) is 0 Å². The van der Waals surface area contributed by atoms with Crippen molar-refractivity contribution in [2.24, 2.45) is 0 Å². The van der Waals surface area contributed by atoms with Crippen LogP contribution in [0.1, 0.15) is 27.9 Å². The van der Waals surface area contributed by atoms with Crippen LogP contribution in [0.3, 0.4) is 0 Å². The minimum Gasteiger partial charge on any atom is -0.244 e. The summed E-state index contributed by atoms with van der Waals surface area (Å²) in [6.45, 7) is 6.57. The summed E-state index contributed by atoms with van der Waals surface area (Å²) in [5, 5.41) is 0. The van der Waals surface area contributed by atoms with Gasteiger partial charge in [-0.15, -0.1) is 0 Å². The maximum Gasteiger partial charge on any atom is 0.243 e. The molecule has 5 nitrogen and oxygen atoms in total. The molecule has 0 fully saturated rings. The quantitative estimate of drug-likeness (QED) is 0.851. The lowest BCUT2D eigenvalue weighted by Crippen LogP contribution is -2.36. The summed E-state index contributed by atoms with van der Waals surface area (Å²) in [6.07, 6.45) is 3.84. The zero-order valence-corrected chi connectivity index (χ0v) is 13.8. The molecule has 0 N–H and O–H groups in total. The summed E-state index contributed by atoms with van der Waals surface area (Å²) in [7, 11) is -3.50. The molecular formula is C16H19N3O2S. The second kappa shape index (κ2) is 5.44. The van der Waals surface area contributed by atoms with Gasteiger partial charge in [-0.25, -0.2) is 18.4 Å². The summed E-state index contributed by atoms with van der Waals surface area (Å²) in [5.74, 6) is 0. The van der Waals surface area contributed by atoms with Gasteiger partial charge in [-0.1, -0.05) is 6.07 Å². The van der Waals surface area contributed by atoms with Crippen LogP contribution in [0.4, 0.5) is 0 Å². The van der Waals surface area contributed by atoms with Crippen LogP contribution in [-0.4, -0.2) is 29.2 Å². The summed E-state index contributed by atoms with van der Waals surface area (Å²) < 4.78 is 27.5. The Labute approximate surface area is 131 Å². The van der Waals surface area contributed by atoms with Crippen molar-refractivity contribution >= 4 is 10.0 Å². The van der Waals surface area contributed by atoms with Crippen LogP contribution in [0.25, 0.3) is 0 Å². The van der Waals surface area contributed by atoms with Gasteiger partial charge < -0.3 is 0 Å². The summed E-state index contributed by atoms with van der Waals surface area (Å²) in [4.78, 5) is 8.62. The fourth-order valence-corrected chi connectivity index (χ4v) is 4.51. The Hall–Kier alpha value is -1.79. The molecule has 0 saturated carbocycles. The van der Waals surface area contributed by atoms with Gasteiger partial charge in [-0.05, 0) is 43.5 Å². The average molecular weight is 317 g/mol. The summed E-state index contributed by atoms with van der Waals surface area (Å²) in [5.41, 5.74) is 4.72. The first kappa shape index (κ1) is 15.1. The number of aromatic nitrogens is 2. The topological polar surface area (TPSA) is 63.2 Å². The second-order valence-electron chi connectivity index (χ2n) is 5.79. The highest BCUT2D eigenvalue weighted by Crippen LogP contribution is 2.27. The van der Waals surface area contributed by atoms with Crippen LogP contribution in [0.2, 0.25) is 0 Å². The molecule has 0 amide bonds. The van der Waals surface area contributed by atoms with Gasteiger partial charge in [0.15, 0.2) is 0 Å². The maximum atomic E-state index is 13.0. The predicted octanol–water partition coefficient (Wildman–Crippen LogP) is 2.15. The van der Waals surface area contributed by atoms with Gasteiger partial charge in [-0.2, -0.15) is 4.31 Å². The SMILES string of the molecule is Cc1cc(C)c(S(=O)(=O)N2CCc3ncncc3C2)cc1C. The van der Waals surface area contributed by atoms with Crippen LogP contribution < -0.4 is 0 Å². The Morgan fingerprint density at radius 1 is 1.09 bits per heavy atom. The van der Waals surface area contributed by atoms with E-state index in [1.165, 1.54) is 10.6 Å². The number of sulfonamides is 1. The molecule has 116 valence electrons. The smallest absolute Gasteiger partial charge is 0.243 e. The zero-order valence-electron chi connectivity index (χ0n) is 13.0. The Balaban J connectivity index is 2.00. The van der Waals surface area contributed by atoms with E-state index in [2.05, 4.69) is 9.97 Å². The standard InChI is InChI=1S/C16H19N3O2S/c1-11-6-13(3)16(7-12(11)2)22(20,21)19-5-4-15-14(9-19)8-17-10-18-15/h6-8,10H,4-5,9H2,1-3H3. The van der Waals surface area contributed by atoms with Crippen molar-refractivity contribution in [2.75, 3.05) is 6.54 Å². The van der Waals surface area contributed by atoms with Crippen molar-refractivity contribution in [3.63, 3.8) is 0 Å². The molecule has 22 heavy (non-hydrogen) atoms. The molecule has 0 radical (unpaired) electrons. The van der Waals surface area contributed by atoms with E-state index in [0.29, 0.717) is 24.4 Å². The van der Waals surface area contributed by atoms with Gasteiger partial charge in [0, 0.05) is 37.0 Å². The molecule has 0 bridgehead atoms. The van der Waals surface area contributed by atoms with Crippen molar-refractivity contribution in [3.8, 4) is 0 Å². The first-order valence-corrected chi connectivity index (χ1v) is 8.69. The molecule has 0 atom stereocenters. The van der Waals surface area contributed by atoms with Gasteiger partial charge in [0.25, 0.3) is 0 Å². The van der Waals surface area contributed by atoms with Crippen LogP contribution in [-0.2, 0) is 23.0 Å². The molecule has 0 spiro atoms. The molecule has 1 aliphatic rings. The number of nitrogens with zero attached hydrogens (tertiary/aromatic N) is 3. The Bertz CT molecular complexity index is 831. The maximum absolute atomic E-state index is 13.0. The third kappa shape index (κ3) is 2.53. The molecule has 0 unspecified atom stereocenters. The minimum atomic E-state index is -3.50. The van der Waals surface area contributed by atoms with Gasteiger partial charge in [0.2, 0.25) is 10.0 Å². The monoisotopic (exact) mass is 317 g/mol. The zero-order chi connectivity index (χ0) is 15.9. The van der Waals surface area contributed by atoms with Gasteiger partial charge >= 0.3 is 0 Å². The Morgan fingerprint density at radius 2 is 1.82 bits per heavy atom. The van der Waals surface area contributed by atoms with E-state index in [0.717, 1.165) is 27.9 Å². The molecule has 3 rings (SSSR count). The van der Waals surface area contributed by atoms with Crippen molar-refractivity contribution in [1.82, 2.24) is 14.3 Å². The van der Waals surface area contributed by atoms with E-state index in [1.807, 2.05) is 26.8 Å². The average Bonchev–Trinajstić information content (AvgIpc) is 2.50. The normalized spacial score (nSPS) is 15.6. The van der Waals surface area contributed by atoms with Crippen LogP contribution in [0.5, 0.6) is 0 Å². The molecular weight excluding hydrogens is 298 g/mol. The molecule has 2 heterocycles. The van der Waals surface area contributed by atoms with Crippen LogP contribution >= 0.6 is 0 Å². The lowest BCUT2D eigenvalue weighted by Gasteiger charge is -2.27. The molecule has 6 heteroatoms. The third-order valence-corrected chi connectivity index (χ3v) is 6.22. The van der Waals surface area contributed by atoms with Crippen molar-refractivity contribution in [2.45, 2.75) is 38.6 Å². The van der Waals surface area contributed by atoms with E-state index in [9.17, 15) is 8.42 Å². The third-order valence-electron chi connectivity index (χ3n) is 4.24. The highest BCUT2D eigenvalue weighted by Gasteiger charge is 2.30. The van der Waals surface area contributed by atoms with Crippen LogP contribution in [0, 0.1) is 20.8 Å². The first-order valence-electron chi connectivity index (χ1n) is 7.25. The molecule has 0 saturated heterocycles. The summed E-state index contributed by atoms with van der Waals surface area (Å²) in [6, 6.07) is 3.71. The van der Waals surface area contributed by atoms with Crippen LogP contribution in [0.15, 0.2) is 29.6 Å². The lowest BCUT2D eigenvalue weighted by atomic mass is 10.1. The van der Waals surface area contributed by atoms with Gasteiger partial charge in [0.05, 0.1) is 4.90 Å². The molecule has 1 aliphatic heterocycles. The number of benzene rings is 1. The fourth-order valence-electron chi connectivity index (χ4n) is 2.80. The molecule has 1 aromatic carbocycles. The summed E-state index contributed by atoms with van der Waals surface area (Å²) >= 11 is 0. The largest absolute Gasteiger partial charge is 0.244 e. The highest BCUT2D eigenvalue weighted by molar-refractivity contribution is 7.89. The number of fused-ring (bicyclic) bond motifs is 1. The van der Waals surface area contributed by atoms with E-state index in [-0.39, 0.29) is 0 Å². The van der Waals surface area contributed by atoms with Crippen molar-refractivity contribution in [1.29, 1.82) is 0 Å². The van der Waals surface area contributed by atoms with E-state index >= 15 is 0 Å². The highest BCUT2D eigenvalue weighted by atomic mass is 32.2. The number of rotatable bonds is 2. The van der Waals surface area contributed by atoms with E-state index < -0.39 is 10.0 Å². The minimum absolute atomic E-state index is 0.338. The number of hydrogen-bond donors (Lipinski definition) is 0. The lowest BCUT2D eigenvalue weighted by molar-refractivity contribution is 0.386. The number of hydrogen-bond acceptors (Lipinski definition) is 4. The number of aryl methyl sites for hydroxylation is 3. The van der Waals surface area contributed by atoms with Crippen molar-refractivity contribution < 1.29 is 8.42 Å².